The van der Waals surface area contributed by atoms with Crippen LogP contribution in [0.15, 0.2) is 6.07 Å². The van der Waals surface area contributed by atoms with Gasteiger partial charge in [-0.1, -0.05) is 0 Å². The highest BCUT2D eigenvalue weighted by atomic mass is 127. The van der Waals surface area contributed by atoms with E-state index in [-0.39, 0.29) is 21.6 Å². The van der Waals surface area contributed by atoms with Crippen molar-refractivity contribution < 1.29 is 32.2 Å². The predicted molar refractivity (Wildman–Crippen MR) is 65.9 cm³/mol. The van der Waals surface area contributed by atoms with Gasteiger partial charge in [0.2, 0.25) is 0 Å². The van der Waals surface area contributed by atoms with Gasteiger partial charge >= 0.3 is 12.3 Å². The highest BCUT2D eigenvalue weighted by molar-refractivity contribution is 14.1. The van der Waals surface area contributed by atoms with Gasteiger partial charge < -0.3 is 14.2 Å². The zero-order chi connectivity index (χ0) is 14.6. The van der Waals surface area contributed by atoms with Gasteiger partial charge in [0.15, 0.2) is 11.5 Å². The SMILES string of the molecule is COC(=O)Cc1nc(I)cc(OC(F)(F)F)c1OC. The first-order valence-corrected chi connectivity index (χ1v) is 5.90. The number of esters is 1. The Morgan fingerprint density at radius 2 is 2.05 bits per heavy atom. The number of ether oxygens (including phenoxy) is 3. The Hall–Kier alpha value is -1.26. The van der Waals surface area contributed by atoms with E-state index in [0.29, 0.717) is 0 Å². The van der Waals surface area contributed by atoms with Gasteiger partial charge in [-0.25, -0.2) is 4.98 Å². The molecule has 0 atom stereocenters. The van der Waals surface area contributed by atoms with E-state index >= 15 is 0 Å². The zero-order valence-electron chi connectivity index (χ0n) is 9.88. The van der Waals surface area contributed by atoms with Crippen LogP contribution in [-0.4, -0.2) is 31.5 Å². The number of halogens is 4. The van der Waals surface area contributed by atoms with E-state index in [1.807, 2.05) is 0 Å². The number of hydrogen-bond donors (Lipinski definition) is 0. The number of hydrogen-bond acceptors (Lipinski definition) is 5. The Kier molecular flexibility index (Phi) is 5.20. The zero-order valence-corrected chi connectivity index (χ0v) is 12.0. The number of nitrogens with zero attached hydrogens (tertiary/aromatic N) is 1. The maximum Gasteiger partial charge on any atom is 0.573 e. The molecule has 0 fully saturated rings. The molecule has 1 aromatic heterocycles. The molecule has 106 valence electrons. The Morgan fingerprint density at radius 3 is 2.53 bits per heavy atom. The number of carbonyl (C=O) groups excluding carboxylic acids is 1. The molecule has 0 saturated carbocycles. The Bertz CT molecular complexity index is 479. The Morgan fingerprint density at radius 1 is 1.42 bits per heavy atom. The van der Waals surface area contributed by atoms with E-state index < -0.39 is 18.1 Å². The summed E-state index contributed by atoms with van der Waals surface area (Å²) in [5.74, 6) is -1.44. The van der Waals surface area contributed by atoms with Gasteiger partial charge in [-0.2, -0.15) is 0 Å². The van der Waals surface area contributed by atoms with Crippen LogP contribution in [0.25, 0.3) is 0 Å². The molecule has 0 aliphatic carbocycles. The number of methoxy groups -OCH3 is 2. The van der Waals surface area contributed by atoms with E-state index in [0.717, 1.165) is 20.3 Å². The lowest BCUT2D eigenvalue weighted by atomic mass is 10.2. The van der Waals surface area contributed by atoms with Gasteiger partial charge in [-0.05, 0) is 22.6 Å². The van der Waals surface area contributed by atoms with E-state index in [4.69, 9.17) is 4.74 Å². The molecule has 0 aliphatic rings. The first kappa shape index (κ1) is 15.8. The number of pyridine rings is 1. The van der Waals surface area contributed by atoms with E-state index in [9.17, 15) is 18.0 Å². The number of carbonyl (C=O) groups is 1. The summed E-state index contributed by atoms with van der Waals surface area (Å²) in [6, 6.07) is 1.06. The lowest BCUT2D eigenvalue weighted by Gasteiger charge is -2.15. The molecule has 0 spiro atoms. The highest BCUT2D eigenvalue weighted by Crippen LogP contribution is 2.35. The van der Waals surface area contributed by atoms with Gasteiger partial charge in [0, 0.05) is 6.07 Å². The predicted octanol–water partition coefficient (Wildman–Crippen LogP) is 2.31. The van der Waals surface area contributed by atoms with Crippen LogP contribution in [0.5, 0.6) is 11.5 Å². The molecule has 0 radical (unpaired) electrons. The average molecular weight is 391 g/mol. The molecular weight excluding hydrogens is 382 g/mol. The highest BCUT2D eigenvalue weighted by Gasteiger charge is 2.33. The van der Waals surface area contributed by atoms with Crippen LogP contribution in [-0.2, 0) is 16.0 Å². The van der Waals surface area contributed by atoms with E-state index in [1.54, 1.807) is 22.6 Å². The van der Waals surface area contributed by atoms with Crippen molar-refractivity contribution >= 4 is 28.6 Å². The molecule has 9 heteroatoms. The van der Waals surface area contributed by atoms with Gasteiger partial charge in [0.05, 0.1) is 26.3 Å². The molecule has 0 saturated heterocycles. The molecule has 0 amide bonds. The average Bonchev–Trinajstić information content (AvgIpc) is 2.26. The fourth-order valence-electron chi connectivity index (χ4n) is 1.28. The second-order valence-electron chi connectivity index (χ2n) is 3.22. The summed E-state index contributed by atoms with van der Waals surface area (Å²) in [5.41, 5.74) is 0.0144. The summed E-state index contributed by atoms with van der Waals surface area (Å²) >= 11 is 1.71. The summed E-state index contributed by atoms with van der Waals surface area (Å²) in [6.07, 6.45) is -5.18. The Labute approximate surface area is 120 Å². The first-order chi connectivity index (χ1) is 8.76. The fourth-order valence-corrected chi connectivity index (χ4v) is 1.85. The standard InChI is InChI=1S/C10H9F3INO4/c1-17-8(16)3-5-9(18-2)6(4-7(14)15-5)19-10(11,12)13/h4H,3H2,1-2H3. The van der Waals surface area contributed by atoms with Crippen LogP contribution in [0.1, 0.15) is 5.69 Å². The van der Waals surface area contributed by atoms with Gasteiger partial charge in [0.1, 0.15) is 3.70 Å². The summed E-state index contributed by atoms with van der Waals surface area (Å²) in [4.78, 5) is 15.1. The molecule has 1 rings (SSSR count). The smallest absolute Gasteiger partial charge is 0.491 e. The largest absolute Gasteiger partial charge is 0.573 e. The minimum Gasteiger partial charge on any atom is -0.491 e. The Balaban J connectivity index is 3.20. The van der Waals surface area contributed by atoms with E-state index in [1.165, 1.54) is 0 Å². The first-order valence-electron chi connectivity index (χ1n) is 4.82. The van der Waals surface area contributed by atoms with Crippen molar-refractivity contribution in [3.63, 3.8) is 0 Å². The third-order valence-electron chi connectivity index (χ3n) is 1.95. The van der Waals surface area contributed by atoms with Crippen molar-refractivity contribution in [3.8, 4) is 11.5 Å². The summed E-state index contributed by atoms with van der Waals surface area (Å²) in [6.45, 7) is 0. The number of rotatable bonds is 4. The maximum absolute atomic E-state index is 12.3. The third-order valence-corrected chi connectivity index (χ3v) is 2.50. The van der Waals surface area contributed by atoms with Crippen molar-refractivity contribution in [1.82, 2.24) is 4.98 Å². The van der Waals surface area contributed by atoms with Crippen LogP contribution in [0.3, 0.4) is 0 Å². The second-order valence-corrected chi connectivity index (χ2v) is 4.33. The molecule has 0 bridgehead atoms. The molecule has 0 aromatic carbocycles. The van der Waals surface area contributed by atoms with Crippen LogP contribution in [0.4, 0.5) is 13.2 Å². The van der Waals surface area contributed by atoms with Crippen LogP contribution >= 0.6 is 22.6 Å². The van der Waals surface area contributed by atoms with Crippen LogP contribution < -0.4 is 9.47 Å². The summed E-state index contributed by atoms with van der Waals surface area (Å²) in [7, 11) is 2.32. The third kappa shape index (κ3) is 4.73. The molecule has 0 unspecified atom stereocenters. The maximum atomic E-state index is 12.3. The number of aromatic nitrogens is 1. The fraction of sp³-hybridized carbons (Fsp3) is 0.400. The van der Waals surface area contributed by atoms with Crippen molar-refractivity contribution in [2.75, 3.05) is 14.2 Å². The monoisotopic (exact) mass is 391 g/mol. The van der Waals surface area contributed by atoms with Gasteiger partial charge in [0.25, 0.3) is 0 Å². The quantitative estimate of drug-likeness (QED) is 0.448. The normalized spacial score (nSPS) is 11.1. The summed E-state index contributed by atoms with van der Waals surface area (Å²) in [5, 5.41) is 0. The van der Waals surface area contributed by atoms with Gasteiger partial charge in [-0.15, -0.1) is 13.2 Å². The molecule has 0 N–H and O–H groups in total. The minimum atomic E-state index is -4.86. The molecule has 1 heterocycles. The van der Waals surface area contributed by atoms with Gasteiger partial charge in [-0.3, -0.25) is 4.79 Å². The molecule has 5 nitrogen and oxygen atoms in total. The second kappa shape index (κ2) is 6.26. The van der Waals surface area contributed by atoms with E-state index in [2.05, 4.69) is 14.5 Å². The van der Waals surface area contributed by atoms with Crippen LogP contribution in [0, 0.1) is 3.70 Å². The minimum absolute atomic E-state index is 0.0144. The summed E-state index contributed by atoms with van der Waals surface area (Å²) < 4.78 is 50.1. The van der Waals surface area contributed by atoms with Crippen molar-refractivity contribution in [2.24, 2.45) is 0 Å². The van der Waals surface area contributed by atoms with Crippen molar-refractivity contribution in [3.05, 3.63) is 15.5 Å². The topological polar surface area (TPSA) is 57.7 Å². The molecule has 1 aromatic rings. The molecular formula is C10H9F3INO4. The number of alkyl halides is 3. The van der Waals surface area contributed by atoms with Crippen molar-refractivity contribution in [1.29, 1.82) is 0 Å². The lowest BCUT2D eigenvalue weighted by Crippen LogP contribution is -2.19. The van der Waals surface area contributed by atoms with Crippen LogP contribution in [0.2, 0.25) is 0 Å². The lowest BCUT2D eigenvalue weighted by molar-refractivity contribution is -0.275. The van der Waals surface area contributed by atoms with Crippen molar-refractivity contribution in [2.45, 2.75) is 12.8 Å². The molecule has 19 heavy (non-hydrogen) atoms. The molecule has 0 aliphatic heterocycles.